The van der Waals surface area contributed by atoms with Gasteiger partial charge < -0.3 is 0 Å². The molecule has 2 aliphatic rings. The average molecular weight is 129 g/mol. The molecule has 2 rings (SSSR count). The lowest BCUT2D eigenvalue weighted by Gasteiger charge is -2.02. The van der Waals surface area contributed by atoms with Gasteiger partial charge in [-0.2, -0.15) is 24.3 Å². The van der Waals surface area contributed by atoms with E-state index in [-0.39, 0.29) is 0 Å². The molecule has 0 bridgehead atoms. The number of hydrogen-bond acceptors (Lipinski definition) is 0. The quantitative estimate of drug-likeness (QED) is 0.480. The maximum absolute atomic E-state index is 2.20. The van der Waals surface area contributed by atoms with E-state index in [4.69, 9.17) is 0 Å². The molecule has 0 unspecified atom stereocenters. The average Bonchev–Trinajstić information content (AvgIpc) is 2.27. The molecule has 0 saturated carbocycles. The summed E-state index contributed by atoms with van der Waals surface area (Å²) in [4.78, 5) is 0. The molecule has 50 valence electrons. The second-order valence-electron chi connectivity index (χ2n) is 2.66. The third-order valence-electron chi connectivity index (χ3n) is 1.76. The normalized spacial score (nSPS) is 10.5. The van der Waals surface area contributed by atoms with Crippen molar-refractivity contribution in [3.8, 4) is 11.1 Å². The first-order chi connectivity index (χ1) is 4.86. The Bertz CT molecular complexity index is 274. The fourth-order valence-electron chi connectivity index (χ4n) is 1.31. The molecule has 0 heteroatoms. The van der Waals surface area contributed by atoms with Gasteiger partial charge in [-0.3, -0.25) is 0 Å². The van der Waals surface area contributed by atoms with Crippen LogP contribution in [0.1, 0.15) is 5.56 Å². The molecule has 0 atom stereocenters. The highest BCUT2D eigenvalue weighted by atomic mass is 14.0. The molecule has 0 saturated heterocycles. The number of fused-ring (bicyclic) bond motifs is 1. The van der Waals surface area contributed by atoms with E-state index < -0.39 is 0 Å². The van der Waals surface area contributed by atoms with Crippen molar-refractivity contribution in [2.45, 2.75) is 6.92 Å². The van der Waals surface area contributed by atoms with Crippen LogP contribution in [0.4, 0.5) is 0 Å². The Kier molecular flexibility index (Phi) is 1.07. The van der Waals surface area contributed by atoms with Crippen LogP contribution in [0, 0.1) is 6.92 Å². The Morgan fingerprint density at radius 1 is 1.20 bits per heavy atom. The number of benzene rings is 1. The summed E-state index contributed by atoms with van der Waals surface area (Å²) in [5.74, 6) is 0. The minimum atomic E-state index is 1.35. The molecule has 0 aromatic heterocycles. The Morgan fingerprint density at radius 3 is 2.80 bits per heavy atom. The maximum Gasteiger partial charge on any atom is -0.0408 e. The third kappa shape index (κ3) is 0.730. The van der Waals surface area contributed by atoms with Crippen LogP contribution in [0.2, 0.25) is 0 Å². The first kappa shape index (κ1) is 5.60. The highest BCUT2D eigenvalue weighted by molar-refractivity contribution is 5.68. The van der Waals surface area contributed by atoms with Crippen LogP contribution in [-0.4, -0.2) is 0 Å². The molecule has 0 aliphatic heterocycles. The molecular weight excluding hydrogens is 120 g/mol. The Labute approximate surface area is 60.8 Å². The van der Waals surface area contributed by atoms with Gasteiger partial charge in [-0.25, -0.2) is 0 Å². The van der Waals surface area contributed by atoms with Crippen molar-refractivity contribution in [3.05, 3.63) is 42.0 Å². The van der Waals surface area contributed by atoms with Gasteiger partial charge in [0.2, 0.25) is 0 Å². The molecule has 2 aliphatic carbocycles. The standard InChI is InChI=1S/C10H9/c1-8-6-9-4-2-3-5-10(9)7-8/h2-7H,1H3/q-1. The van der Waals surface area contributed by atoms with Gasteiger partial charge in [-0.05, 0) is 6.92 Å². The van der Waals surface area contributed by atoms with Gasteiger partial charge in [0.25, 0.3) is 0 Å². The fraction of sp³-hybridized carbons (Fsp3) is 0.100. The van der Waals surface area contributed by atoms with Gasteiger partial charge in [0.1, 0.15) is 0 Å². The maximum atomic E-state index is 2.20. The largest absolute Gasteiger partial charge is 0.172 e. The van der Waals surface area contributed by atoms with Crippen molar-refractivity contribution in [1.29, 1.82) is 0 Å². The van der Waals surface area contributed by atoms with E-state index in [1.807, 2.05) is 0 Å². The molecule has 0 spiro atoms. The van der Waals surface area contributed by atoms with Crippen LogP contribution in [0.15, 0.2) is 36.4 Å². The number of aryl methyl sites for hydroxylation is 1. The van der Waals surface area contributed by atoms with Gasteiger partial charge in [0.15, 0.2) is 0 Å². The Hall–Kier alpha value is -1.17. The third-order valence-corrected chi connectivity index (χ3v) is 1.76. The van der Waals surface area contributed by atoms with Crippen LogP contribution in [-0.2, 0) is 0 Å². The van der Waals surface area contributed by atoms with Crippen LogP contribution in [0.25, 0.3) is 11.1 Å². The smallest absolute Gasteiger partial charge is 0.0408 e. The fourth-order valence-corrected chi connectivity index (χ4v) is 1.31. The van der Waals surface area contributed by atoms with Gasteiger partial charge in [-0.15, -0.1) is 17.2 Å². The first-order valence-corrected chi connectivity index (χ1v) is 3.48. The molecule has 0 aromatic carbocycles. The Balaban J connectivity index is 2.76. The molecular formula is C10H9-. The number of hydrogen-bond donors (Lipinski definition) is 0. The van der Waals surface area contributed by atoms with Crippen molar-refractivity contribution in [1.82, 2.24) is 0 Å². The van der Waals surface area contributed by atoms with Gasteiger partial charge in [0.05, 0.1) is 0 Å². The summed E-state index contributed by atoms with van der Waals surface area (Å²) >= 11 is 0. The topological polar surface area (TPSA) is 0 Å². The zero-order chi connectivity index (χ0) is 6.97. The zero-order valence-electron chi connectivity index (χ0n) is 5.96. The summed E-state index contributed by atoms with van der Waals surface area (Å²) in [7, 11) is 0. The lowest BCUT2D eigenvalue weighted by molar-refractivity contribution is 1.56. The predicted octanol–water partition coefficient (Wildman–Crippen LogP) is 2.82. The minimum absolute atomic E-state index is 1.35. The number of rotatable bonds is 0. The predicted molar refractivity (Wildman–Crippen MR) is 43.4 cm³/mol. The van der Waals surface area contributed by atoms with E-state index in [0.717, 1.165) is 0 Å². The lowest BCUT2D eigenvalue weighted by atomic mass is 10.1. The van der Waals surface area contributed by atoms with Crippen molar-refractivity contribution >= 4 is 0 Å². The van der Waals surface area contributed by atoms with Crippen molar-refractivity contribution < 1.29 is 0 Å². The van der Waals surface area contributed by atoms with Crippen molar-refractivity contribution in [2.75, 3.05) is 0 Å². The summed E-state index contributed by atoms with van der Waals surface area (Å²) in [6.45, 7) is 2.12. The monoisotopic (exact) mass is 129 g/mol. The summed E-state index contributed by atoms with van der Waals surface area (Å²) in [5.41, 5.74) is 4.04. The molecule has 0 N–H and O–H groups in total. The summed E-state index contributed by atoms with van der Waals surface area (Å²) < 4.78 is 0. The summed E-state index contributed by atoms with van der Waals surface area (Å²) in [6.07, 6.45) is 0. The van der Waals surface area contributed by atoms with E-state index in [1.165, 1.54) is 16.7 Å². The molecule has 0 aromatic rings. The van der Waals surface area contributed by atoms with Gasteiger partial charge in [-0.1, -0.05) is 11.6 Å². The van der Waals surface area contributed by atoms with E-state index in [0.29, 0.717) is 0 Å². The second kappa shape index (κ2) is 1.91. The van der Waals surface area contributed by atoms with Gasteiger partial charge in [0, 0.05) is 0 Å². The molecule has 0 amide bonds. The Morgan fingerprint density at radius 2 is 2.00 bits per heavy atom. The first-order valence-electron chi connectivity index (χ1n) is 3.48. The SMILES string of the molecule is Cc1cc2cc[cH-]cc-2c1. The molecule has 10 heavy (non-hydrogen) atoms. The minimum Gasteiger partial charge on any atom is -0.172 e. The van der Waals surface area contributed by atoms with E-state index in [9.17, 15) is 0 Å². The van der Waals surface area contributed by atoms with Crippen molar-refractivity contribution in [3.63, 3.8) is 0 Å². The second-order valence-corrected chi connectivity index (χ2v) is 2.66. The summed E-state index contributed by atoms with van der Waals surface area (Å²) in [5, 5.41) is 0. The molecule has 0 heterocycles. The van der Waals surface area contributed by atoms with Gasteiger partial charge >= 0.3 is 0 Å². The van der Waals surface area contributed by atoms with Crippen LogP contribution >= 0.6 is 0 Å². The van der Waals surface area contributed by atoms with Crippen LogP contribution < -0.4 is 0 Å². The highest BCUT2D eigenvalue weighted by Crippen LogP contribution is 2.24. The zero-order valence-corrected chi connectivity index (χ0v) is 5.96. The van der Waals surface area contributed by atoms with E-state index in [1.54, 1.807) is 0 Å². The summed E-state index contributed by atoms with van der Waals surface area (Å²) in [6, 6.07) is 12.8. The van der Waals surface area contributed by atoms with Crippen LogP contribution in [0.3, 0.4) is 0 Å². The highest BCUT2D eigenvalue weighted by Gasteiger charge is 1.92. The molecule has 0 radical (unpaired) electrons. The van der Waals surface area contributed by atoms with E-state index >= 15 is 0 Å². The van der Waals surface area contributed by atoms with Crippen molar-refractivity contribution in [2.24, 2.45) is 0 Å². The lowest BCUT2D eigenvalue weighted by Crippen LogP contribution is -1.67. The van der Waals surface area contributed by atoms with Crippen LogP contribution in [0.5, 0.6) is 0 Å². The molecule has 0 fully saturated rings. The molecule has 0 nitrogen and oxygen atoms in total. The van der Waals surface area contributed by atoms with E-state index in [2.05, 4.69) is 43.3 Å².